The summed E-state index contributed by atoms with van der Waals surface area (Å²) in [5.74, 6) is 0. The Balaban J connectivity index is 1.99. The molecule has 1 unspecified atom stereocenters. The quantitative estimate of drug-likeness (QED) is 0.856. The van der Waals surface area contributed by atoms with Crippen molar-refractivity contribution in [2.45, 2.75) is 24.3 Å². The molecule has 0 aromatic heterocycles. The van der Waals surface area contributed by atoms with Gasteiger partial charge in [-0.05, 0) is 31.0 Å². The number of aliphatic hydroxyl groups is 1. The molecule has 0 saturated heterocycles. The number of hydrogen-bond donors (Lipinski definition) is 2. The zero-order valence-electron chi connectivity index (χ0n) is 11.5. The molecule has 0 heterocycles. The standard InChI is InChI=1S/C16H19NO2S/c1-13-7-9-16(10-8-13)20(19)17-15(12-18)11-14-5-3-2-4-6-14/h2-10,15,17-18H,11-12H2,1H3/t15-,20?/m0/s1. The van der Waals surface area contributed by atoms with Crippen LogP contribution in [0, 0.1) is 6.92 Å². The fourth-order valence-electron chi connectivity index (χ4n) is 1.92. The van der Waals surface area contributed by atoms with E-state index in [1.165, 1.54) is 0 Å². The normalized spacial score (nSPS) is 13.9. The summed E-state index contributed by atoms with van der Waals surface area (Å²) in [6.07, 6.45) is 0.648. The van der Waals surface area contributed by atoms with Crippen LogP contribution in [0.1, 0.15) is 11.1 Å². The lowest BCUT2D eigenvalue weighted by Crippen LogP contribution is -2.35. The van der Waals surface area contributed by atoms with Gasteiger partial charge in [0.15, 0.2) is 0 Å². The Bertz CT molecular complexity index is 554. The lowest BCUT2D eigenvalue weighted by Gasteiger charge is -2.15. The van der Waals surface area contributed by atoms with Gasteiger partial charge in [0.2, 0.25) is 0 Å². The van der Waals surface area contributed by atoms with Crippen LogP contribution in [-0.2, 0) is 17.4 Å². The van der Waals surface area contributed by atoms with Gasteiger partial charge in [-0.2, -0.15) is 0 Å². The maximum atomic E-state index is 12.2. The van der Waals surface area contributed by atoms with Crippen LogP contribution in [-0.4, -0.2) is 22.0 Å². The van der Waals surface area contributed by atoms with Crippen molar-refractivity contribution >= 4 is 11.0 Å². The van der Waals surface area contributed by atoms with E-state index in [0.717, 1.165) is 16.0 Å². The number of rotatable bonds is 6. The first kappa shape index (κ1) is 14.9. The number of aliphatic hydroxyl groups excluding tert-OH is 1. The van der Waals surface area contributed by atoms with Gasteiger partial charge in [-0.3, -0.25) is 0 Å². The van der Waals surface area contributed by atoms with Crippen molar-refractivity contribution in [3.63, 3.8) is 0 Å². The molecule has 4 heteroatoms. The number of aryl methyl sites for hydroxylation is 1. The Morgan fingerprint density at radius 2 is 1.75 bits per heavy atom. The molecule has 0 amide bonds. The molecule has 2 N–H and O–H groups in total. The van der Waals surface area contributed by atoms with E-state index in [4.69, 9.17) is 0 Å². The molecule has 0 radical (unpaired) electrons. The lowest BCUT2D eigenvalue weighted by atomic mass is 10.1. The van der Waals surface area contributed by atoms with Crippen molar-refractivity contribution in [2.24, 2.45) is 0 Å². The molecular formula is C16H19NO2S. The summed E-state index contributed by atoms with van der Waals surface area (Å²) >= 11 is 0. The van der Waals surface area contributed by atoms with E-state index < -0.39 is 11.0 Å². The highest BCUT2D eigenvalue weighted by Gasteiger charge is 2.12. The van der Waals surface area contributed by atoms with E-state index in [9.17, 15) is 9.32 Å². The summed E-state index contributed by atoms with van der Waals surface area (Å²) in [6.45, 7) is 1.94. The predicted molar refractivity (Wildman–Crippen MR) is 81.7 cm³/mol. The molecule has 0 aliphatic carbocycles. The first-order valence-electron chi connectivity index (χ1n) is 6.58. The molecule has 0 saturated carbocycles. The average molecular weight is 289 g/mol. The number of nitrogens with one attached hydrogen (secondary N) is 1. The third-order valence-electron chi connectivity index (χ3n) is 3.05. The minimum absolute atomic E-state index is 0.0491. The molecule has 0 fully saturated rings. The Labute approximate surface area is 122 Å². The second-order valence-electron chi connectivity index (χ2n) is 4.77. The monoisotopic (exact) mass is 289 g/mol. The molecule has 2 rings (SSSR count). The Hall–Kier alpha value is -1.49. The van der Waals surface area contributed by atoms with Crippen LogP contribution in [0.3, 0.4) is 0 Å². The van der Waals surface area contributed by atoms with E-state index >= 15 is 0 Å². The number of hydrogen-bond acceptors (Lipinski definition) is 2. The van der Waals surface area contributed by atoms with Crippen molar-refractivity contribution in [1.29, 1.82) is 0 Å². The molecule has 2 atom stereocenters. The van der Waals surface area contributed by atoms with Crippen molar-refractivity contribution in [3.8, 4) is 0 Å². The fourth-order valence-corrected chi connectivity index (χ4v) is 2.90. The molecule has 20 heavy (non-hydrogen) atoms. The zero-order chi connectivity index (χ0) is 14.4. The molecule has 0 spiro atoms. The fraction of sp³-hybridized carbons (Fsp3) is 0.250. The van der Waals surface area contributed by atoms with E-state index in [0.29, 0.717) is 6.42 Å². The molecule has 2 aromatic rings. The molecule has 0 aliphatic rings. The van der Waals surface area contributed by atoms with Gasteiger partial charge in [-0.15, -0.1) is 0 Å². The molecule has 3 nitrogen and oxygen atoms in total. The van der Waals surface area contributed by atoms with Gasteiger partial charge in [0, 0.05) is 6.04 Å². The van der Waals surface area contributed by atoms with Crippen LogP contribution in [0.2, 0.25) is 0 Å². The molecule has 0 aliphatic heterocycles. The van der Waals surface area contributed by atoms with E-state index in [2.05, 4.69) is 4.72 Å². The van der Waals surface area contributed by atoms with Gasteiger partial charge in [0.1, 0.15) is 11.0 Å². The van der Waals surface area contributed by atoms with E-state index in [1.54, 1.807) is 0 Å². The molecule has 2 aromatic carbocycles. The summed E-state index contributed by atoms with van der Waals surface area (Å²) in [6, 6.07) is 17.2. The van der Waals surface area contributed by atoms with E-state index in [1.807, 2.05) is 61.5 Å². The second kappa shape index (κ2) is 7.33. The van der Waals surface area contributed by atoms with Crippen molar-refractivity contribution in [1.82, 2.24) is 4.72 Å². The Morgan fingerprint density at radius 3 is 2.35 bits per heavy atom. The van der Waals surface area contributed by atoms with Gasteiger partial charge in [-0.1, -0.05) is 48.0 Å². The highest BCUT2D eigenvalue weighted by atomic mass is 32.2. The van der Waals surface area contributed by atoms with Crippen LogP contribution in [0.25, 0.3) is 0 Å². The van der Waals surface area contributed by atoms with Crippen LogP contribution in [0.5, 0.6) is 0 Å². The maximum absolute atomic E-state index is 12.2. The molecule has 0 bridgehead atoms. The highest BCUT2D eigenvalue weighted by molar-refractivity contribution is 7.83. The predicted octanol–water partition coefficient (Wildman–Crippen LogP) is 2.21. The smallest absolute Gasteiger partial charge is 0.125 e. The maximum Gasteiger partial charge on any atom is 0.125 e. The third kappa shape index (κ3) is 4.27. The summed E-state index contributed by atoms with van der Waals surface area (Å²) in [7, 11) is -1.31. The highest BCUT2D eigenvalue weighted by Crippen LogP contribution is 2.09. The summed E-state index contributed by atoms with van der Waals surface area (Å²) < 4.78 is 15.2. The second-order valence-corrected chi connectivity index (χ2v) is 6.01. The first-order chi connectivity index (χ1) is 9.69. The van der Waals surface area contributed by atoms with Gasteiger partial charge in [0.25, 0.3) is 0 Å². The minimum atomic E-state index is -1.31. The van der Waals surface area contributed by atoms with Gasteiger partial charge < -0.3 is 5.11 Å². The average Bonchev–Trinajstić information content (AvgIpc) is 2.48. The van der Waals surface area contributed by atoms with Crippen LogP contribution in [0.4, 0.5) is 0 Å². The molecule has 106 valence electrons. The Morgan fingerprint density at radius 1 is 1.10 bits per heavy atom. The summed E-state index contributed by atoms with van der Waals surface area (Å²) in [5.41, 5.74) is 2.24. The SMILES string of the molecule is Cc1ccc(S(=O)N[C@H](CO)Cc2ccccc2)cc1. The Kier molecular flexibility index (Phi) is 5.47. The molecular weight excluding hydrogens is 270 g/mol. The van der Waals surface area contributed by atoms with Crippen LogP contribution >= 0.6 is 0 Å². The zero-order valence-corrected chi connectivity index (χ0v) is 12.3. The third-order valence-corrected chi connectivity index (χ3v) is 4.30. The topological polar surface area (TPSA) is 49.3 Å². The summed E-state index contributed by atoms with van der Waals surface area (Å²) in [4.78, 5) is 0.724. The van der Waals surface area contributed by atoms with Gasteiger partial charge in [0.05, 0.1) is 11.5 Å². The van der Waals surface area contributed by atoms with Crippen molar-refractivity contribution in [2.75, 3.05) is 6.61 Å². The van der Waals surface area contributed by atoms with Gasteiger partial charge >= 0.3 is 0 Å². The van der Waals surface area contributed by atoms with Crippen molar-refractivity contribution in [3.05, 3.63) is 65.7 Å². The lowest BCUT2D eigenvalue weighted by molar-refractivity contribution is 0.257. The summed E-state index contributed by atoms with van der Waals surface area (Å²) in [5, 5.41) is 9.43. The first-order valence-corrected chi connectivity index (χ1v) is 7.73. The minimum Gasteiger partial charge on any atom is -0.395 e. The number of benzene rings is 2. The van der Waals surface area contributed by atoms with Crippen LogP contribution < -0.4 is 4.72 Å². The van der Waals surface area contributed by atoms with Crippen molar-refractivity contribution < 1.29 is 9.32 Å². The largest absolute Gasteiger partial charge is 0.395 e. The van der Waals surface area contributed by atoms with E-state index in [-0.39, 0.29) is 12.6 Å². The van der Waals surface area contributed by atoms with Gasteiger partial charge in [-0.25, -0.2) is 8.93 Å². The van der Waals surface area contributed by atoms with Crippen LogP contribution in [0.15, 0.2) is 59.5 Å².